The quantitative estimate of drug-likeness (QED) is 0.786. The minimum absolute atomic E-state index is 0.837. The van der Waals surface area contributed by atoms with Crippen LogP contribution in [0, 0.1) is 11.8 Å². The fraction of sp³-hybridized carbons (Fsp3) is 0.111. The van der Waals surface area contributed by atoms with E-state index in [1.807, 2.05) is 60.7 Å². The molecule has 0 amide bonds. The van der Waals surface area contributed by atoms with Crippen LogP contribution in [0.3, 0.4) is 0 Å². The maximum absolute atomic E-state index is 5.11. The van der Waals surface area contributed by atoms with E-state index in [4.69, 9.17) is 9.47 Å². The number of rotatable bonds is 3. The molecule has 0 spiro atoms. The second-order valence-corrected chi connectivity index (χ2v) is 4.10. The van der Waals surface area contributed by atoms with Gasteiger partial charge in [-0.3, -0.25) is 0 Å². The van der Waals surface area contributed by atoms with Crippen LogP contribution in [-0.4, -0.2) is 14.2 Å². The van der Waals surface area contributed by atoms with Gasteiger partial charge in [0.1, 0.15) is 11.5 Å². The highest BCUT2D eigenvalue weighted by molar-refractivity contribution is 5.54. The third-order valence-corrected chi connectivity index (χ3v) is 2.78. The number of benzene rings is 2. The van der Waals surface area contributed by atoms with Gasteiger partial charge in [-0.15, -0.1) is 0 Å². The topological polar surface area (TPSA) is 18.5 Å². The molecular formula is C18H16O2. The molecule has 2 aromatic rings. The zero-order chi connectivity index (χ0) is 14.2. The third kappa shape index (κ3) is 3.93. The van der Waals surface area contributed by atoms with Crippen LogP contribution in [0.5, 0.6) is 11.5 Å². The van der Waals surface area contributed by atoms with Gasteiger partial charge < -0.3 is 9.47 Å². The van der Waals surface area contributed by atoms with Gasteiger partial charge in [0.05, 0.1) is 14.2 Å². The average Bonchev–Trinajstić information content (AvgIpc) is 2.53. The Labute approximate surface area is 119 Å². The minimum Gasteiger partial charge on any atom is -0.497 e. The maximum Gasteiger partial charge on any atom is 0.118 e. The van der Waals surface area contributed by atoms with Crippen molar-refractivity contribution >= 4 is 6.08 Å². The molecule has 0 aliphatic heterocycles. The summed E-state index contributed by atoms with van der Waals surface area (Å²) in [5.41, 5.74) is 2.06. The molecular weight excluding hydrogens is 248 g/mol. The van der Waals surface area contributed by atoms with E-state index in [-0.39, 0.29) is 0 Å². The summed E-state index contributed by atoms with van der Waals surface area (Å²) in [6, 6.07) is 15.5. The van der Waals surface area contributed by atoms with Gasteiger partial charge in [0.15, 0.2) is 0 Å². The molecule has 0 bridgehead atoms. The van der Waals surface area contributed by atoms with Gasteiger partial charge >= 0.3 is 0 Å². The zero-order valence-electron chi connectivity index (χ0n) is 11.6. The standard InChI is InChI=1S/C18H16O2/c1-19-17-11-7-15(8-12-17)5-3-4-6-16-9-13-18(20-2)14-10-16/h3,5,7-14H,1-2H3. The lowest BCUT2D eigenvalue weighted by atomic mass is 10.2. The van der Waals surface area contributed by atoms with Crippen LogP contribution in [0.4, 0.5) is 0 Å². The number of methoxy groups -OCH3 is 2. The predicted molar refractivity (Wildman–Crippen MR) is 81.9 cm³/mol. The molecule has 0 aliphatic carbocycles. The fourth-order valence-electron chi connectivity index (χ4n) is 1.65. The zero-order valence-corrected chi connectivity index (χ0v) is 11.6. The van der Waals surface area contributed by atoms with E-state index in [0.29, 0.717) is 0 Å². The van der Waals surface area contributed by atoms with Crippen molar-refractivity contribution in [3.05, 3.63) is 65.7 Å². The van der Waals surface area contributed by atoms with E-state index in [2.05, 4.69) is 11.8 Å². The Balaban J connectivity index is 1.99. The summed E-state index contributed by atoms with van der Waals surface area (Å²) in [6.07, 6.45) is 3.81. The summed E-state index contributed by atoms with van der Waals surface area (Å²) < 4.78 is 10.2. The van der Waals surface area contributed by atoms with E-state index in [1.165, 1.54) is 0 Å². The van der Waals surface area contributed by atoms with Gasteiger partial charge in [0, 0.05) is 5.56 Å². The van der Waals surface area contributed by atoms with Crippen LogP contribution in [0.25, 0.3) is 6.08 Å². The highest BCUT2D eigenvalue weighted by atomic mass is 16.5. The van der Waals surface area contributed by atoms with Gasteiger partial charge in [-0.2, -0.15) is 0 Å². The van der Waals surface area contributed by atoms with Crippen molar-refractivity contribution in [3.8, 4) is 23.3 Å². The molecule has 0 unspecified atom stereocenters. The first-order chi connectivity index (χ1) is 9.81. The van der Waals surface area contributed by atoms with Gasteiger partial charge in [0.2, 0.25) is 0 Å². The van der Waals surface area contributed by atoms with Crippen LogP contribution in [0.2, 0.25) is 0 Å². The molecule has 0 saturated carbocycles. The van der Waals surface area contributed by atoms with Gasteiger partial charge in [-0.25, -0.2) is 0 Å². The van der Waals surface area contributed by atoms with Crippen molar-refractivity contribution in [1.29, 1.82) is 0 Å². The van der Waals surface area contributed by atoms with Crippen molar-refractivity contribution < 1.29 is 9.47 Å². The van der Waals surface area contributed by atoms with Crippen molar-refractivity contribution in [1.82, 2.24) is 0 Å². The molecule has 0 saturated heterocycles. The highest BCUT2D eigenvalue weighted by Crippen LogP contribution is 2.12. The lowest BCUT2D eigenvalue weighted by Crippen LogP contribution is -1.81. The minimum atomic E-state index is 0.837. The molecule has 2 heteroatoms. The van der Waals surface area contributed by atoms with Crippen molar-refractivity contribution in [2.75, 3.05) is 14.2 Å². The first-order valence-electron chi connectivity index (χ1n) is 6.28. The Bertz CT molecular complexity index is 626. The SMILES string of the molecule is COc1ccc(C#CC=Cc2ccc(OC)cc2)cc1. The second-order valence-electron chi connectivity index (χ2n) is 4.10. The molecule has 0 heterocycles. The normalized spacial score (nSPS) is 9.90. The summed E-state index contributed by atoms with van der Waals surface area (Å²) in [7, 11) is 3.31. The summed E-state index contributed by atoms with van der Waals surface area (Å²) in [5.74, 6) is 7.78. The number of ether oxygens (including phenoxy) is 2. The lowest BCUT2D eigenvalue weighted by Gasteiger charge is -1.98. The van der Waals surface area contributed by atoms with Crippen LogP contribution in [0.1, 0.15) is 11.1 Å². The fourth-order valence-corrected chi connectivity index (χ4v) is 1.65. The van der Waals surface area contributed by atoms with Crippen molar-refractivity contribution in [3.63, 3.8) is 0 Å². The van der Waals surface area contributed by atoms with Gasteiger partial charge in [-0.1, -0.05) is 24.0 Å². The lowest BCUT2D eigenvalue weighted by molar-refractivity contribution is 0.414. The Morgan fingerprint density at radius 2 is 1.35 bits per heavy atom. The first kappa shape index (κ1) is 13.8. The molecule has 0 aliphatic rings. The summed E-state index contributed by atoms with van der Waals surface area (Å²) in [5, 5.41) is 0. The Kier molecular flexibility index (Phi) is 4.86. The van der Waals surface area contributed by atoms with Crippen LogP contribution < -0.4 is 9.47 Å². The Morgan fingerprint density at radius 1 is 0.800 bits per heavy atom. The third-order valence-electron chi connectivity index (χ3n) is 2.78. The van der Waals surface area contributed by atoms with Crippen LogP contribution >= 0.6 is 0 Å². The molecule has 20 heavy (non-hydrogen) atoms. The molecule has 0 atom stereocenters. The Morgan fingerprint density at radius 3 is 1.90 bits per heavy atom. The largest absolute Gasteiger partial charge is 0.497 e. The van der Waals surface area contributed by atoms with E-state index in [0.717, 1.165) is 22.6 Å². The molecule has 2 aromatic carbocycles. The molecule has 0 N–H and O–H groups in total. The average molecular weight is 264 g/mol. The van der Waals surface area contributed by atoms with Gasteiger partial charge in [0.25, 0.3) is 0 Å². The van der Waals surface area contributed by atoms with Gasteiger partial charge in [-0.05, 0) is 54.1 Å². The molecule has 0 fully saturated rings. The number of hydrogen-bond acceptors (Lipinski definition) is 2. The highest BCUT2D eigenvalue weighted by Gasteiger charge is 1.90. The van der Waals surface area contributed by atoms with E-state index in [1.54, 1.807) is 14.2 Å². The molecule has 100 valence electrons. The smallest absolute Gasteiger partial charge is 0.118 e. The monoisotopic (exact) mass is 264 g/mol. The molecule has 2 nitrogen and oxygen atoms in total. The number of allylic oxidation sites excluding steroid dienone is 1. The van der Waals surface area contributed by atoms with E-state index >= 15 is 0 Å². The number of hydrogen-bond donors (Lipinski definition) is 0. The first-order valence-corrected chi connectivity index (χ1v) is 6.28. The van der Waals surface area contributed by atoms with E-state index < -0.39 is 0 Å². The Hall–Kier alpha value is -2.66. The molecule has 2 rings (SSSR count). The molecule has 0 aromatic heterocycles. The predicted octanol–water partition coefficient (Wildman–Crippen LogP) is 3.77. The summed E-state index contributed by atoms with van der Waals surface area (Å²) in [6.45, 7) is 0. The summed E-state index contributed by atoms with van der Waals surface area (Å²) in [4.78, 5) is 0. The van der Waals surface area contributed by atoms with Crippen molar-refractivity contribution in [2.45, 2.75) is 0 Å². The maximum atomic E-state index is 5.11. The van der Waals surface area contributed by atoms with Crippen molar-refractivity contribution in [2.24, 2.45) is 0 Å². The van der Waals surface area contributed by atoms with Crippen LogP contribution in [-0.2, 0) is 0 Å². The summed E-state index contributed by atoms with van der Waals surface area (Å²) >= 11 is 0. The van der Waals surface area contributed by atoms with Crippen LogP contribution in [0.15, 0.2) is 54.6 Å². The molecule has 0 radical (unpaired) electrons. The van der Waals surface area contributed by atoms with E-state index in [9.17, 15) is 0 Å². The second kappa shape index (κ2) is 7.06.